The highest BCUT2D eigenvalue weighted by atomic mass is 19.4. The van der Waals surface area contributed by atoms with Crippen molar-refractivity contribution in [2.45, 2.75) is 26.2 Å². The lowest BCUT2D eigenvalue weighted by molar-refractivity contribution is -0.138. The van der Waals surface area contributed by atoms with Crippen LogP contribution < -0.4 is 0 Å². The van der Waals surface area contributed by atoms with E-state index in [0.717, 1.165) is 40.1 Å². The third-order valence-electron chi connectivity index (χ3n) is 9.30. The first kappa shape index (κ1) is 31.3. The van der Waals surface area contributed by atoms with Crippen molar-refractivity contribution in [2.24, 2.45) is 0 Å². The molecule has 2 heterocycles. The molecule has 50 heavy (non-hydrogen) atoms. The Morgan fingerprint density at radius 3 is 1.52 bits per heavy atom. The molecular formula is C41H25F6N3. The van der Waals surface area contributed by atoms with Gasteiger partial charge < -0.3 is 9.13 Å². The van der Waals surface area contributed by atoms with Gasteiger partial charge in [-0.25, -0.2) is 4.85 Å². The maximum absolute atomic E-state index is 15.5. The summed E-state index contributed by atoms with van der Waals surface area (Å²) < 4.78 is 94.3. The number of hydrogen-bond donors (Lipinski definition) is 0. The highest BCUT2D eigenvalue weighted by molar-refractivity contribution is 6.11. The molecule has 0 N–H and O–H groups in total. The second-order valence-corrected chi connectivity index (χ2v) is 12.4. The predicted octanol–water partition coefficient (Wildman–Crippen LogP) is 12.8. The largest absolute Gasteiger partial charge is 0.418 e. The third-order valence-corrected chi connectivity index (χ3v) is 9.30. The number of benzene rings is 6. The number of para-hydroxylation sites is 2. The highest BCUT2D eigenvalue weighted by Crippen LogP contribution is 2.49. The molecule has 0 spiro atoms. The van der Waals surface area contributed by atoms with Crippen LogP contribution in [-0.4, -0.2) is 9.13 Å². The van der Waals surface area contributed by atoms with Crippen molar-refractivity contribution >= 4 is 49.3 Å². The van der Waals surface area contributed by atoms with Gasteiger partial charge in [-0.1, -0.05) is 78.9 Å². The first-order valence-corrected chi connectivity index (χ1v) is 15.7. The van der Waals surface area contributed by atoms with Crippen LogP contribution in [0.2, 0.25) is 0 Å². The number of nitrogens with zero attached hydrogens (tertiary/aromatic N) is 3. The molecule has 0 fully saturated rings. The summed E-state index contributed by atoms with van der Waals surface area (Å²) in [7, 11) is 0. The first-order chi connectivity index (χ1) is 23.9. The molecule has 6 aromatic carbocycles. The van der Waals surface area contributed by atoms with E-state index < -0.39 is 29.0 Å². The first-order valence-electron chi connectivity index (χ1n) is 15.7. The van der Waals surface area contributed by atoms with Crippen molar-refractivity contribution in [1.82, 2.24) is 9.13 Å². The molecule has 0 aliphatic heterocycles. The van der Waals surface area contributed by atoms with Gasteiger partial charge in [0.1, 0.15) is 0 Å². The lowest BCUT2D eigenvalue weighted by atomic mass is 9.93. The molecule has 8 aromatic rings. The molecule has 2 aromatic heterocycles. The van der Waals surface area contributed by atoms with Crippen molar-refractivity contribution in [3.05, 3.63) is 149 Å². The van der Waals surface area contributed by atoms with Crippen molar-refractivity contribution < 1.29 is 26.3 Å². The number of fused-ring (bicyclic) bond motifs is 6. The van der Waals surface area contributed by atoms with E-state index >= 15 is 13.2 Å². The quantitative estimate of drug-likeness (QED) is 0.131. The predicted molar refractivity (Wildman–Crippen MR) is 186 cm³/mol. The van der Waals surface area contributed by atoms with Crippen LogP contribution in [0.5, 0.6) is 0 Å². The Morgan fingerprint density at radius 1 is 0.500 bits per heavy atom. The van der Waals surface area contributed by atoms with Crippen LogP contribution >= 0.6 is 0 Å². The van der Waals surface area contributed by atoms with Crippen LogP contribution in [0, 0.1) is 20.4 Å². The summed E-state index contributed by atoms with van der Waals surface area (Å²) in [5, 5.41) is 2.83. The van der Waals surface area contributed by atoms with Crippen LogP contribution in [0.15, 0.2) is 115 Å². The fourth-order valence-corrected chi connectivity index (χ4v) is 7.21. The lowest BCUT2D eigenvalue weighted by Gasteiger charge is -2.24. The summed E-state index contributed by atoms with van der Waals surface area (Å²) in [6.07, 6.45) is -9.84. The van der Waals surface area contributed by atoms with Gasteiger partial charge in [0.25, 0.3) is 0 Å². The van der Waals surface area contributed by atoms with E-state index in [2.05, 4.69) is 4.85 Å². The molecule has 0 atom stereocenters. The van der Waals surface area contributed by atoms with Gasteiger partial charge in [-0.05, 0) is 66.9 Å². The van der Waals surface area contributed by atoms with E-state index in [-0.39, 0.29) is 22.6 Å². The molecule has 0 aliphatic rings. The Bertz CT molecular complexity index is 2720. The molecule has 0 aliphatic carbocycles. The molecule has 0 amide bonds. The van der Waals surface area contributed by atoms with Gasteiger partial charge in [0.05, 0.1) is 51.1 Å². The number of hydrogen-bond acceptors (Lipinski definition) is 0. The minimum Gasteiger partial charge on any atom is -0.309 e. The monoisotopic (exact) mass is 673 g/mol. The van der Waals surface area contributed by atoms with Crippen molar-refractivity contribution in [3.63, 3.8) is 0 Å². The zero-order chi connectivity index (χ0) is 35.1. The zero-order valence-electron chi connectivity index (χ0n) is 26.6. The summed E-state index contributed by atoms with van der Waals surface area (Å²) in [4.78, 5) is 3.47. The van der Waals surface area contributed by atoms with Crippen molar-refractivity contribution in [2.75, 3.05) is 0 Å². The van der Waals surface area contributed by atoms with Crippen LogP contribution in [0.25, 0.3) is 71.0 Å². The second kappa shape index (κ2) is 11.0. The van der Waals surface area contributed by atoms with E-state index in [1.165, 1.54) is 16.7 Å². The Hall–Kier alpha value is -6.01. The van der Waals surface area contributed by atoms with E-state index in [1.807, 2.05) is 56.3 Å². The van der Waals surface area contributed by atoms with Crippen LogP contribution in [-0.2, 0) is 12.4 Å². The Morgan fingerprint density at radius 2 is 1.00 bits per heavy atom. The Balaban J connectivity index is 1.64. The number of rotatable bonds is 3. The van der Waals surface area contributed by atoms with Gasteiger partial charge in [-0.2, -0.15) is 26.3 Å². The molecule has 0 saturated heterocycles. The van der Waals surface area contributed by atoms with Crippen molar-refractivity contribution in [1.29, 1.82) is 0 Å². The average Bonchev–Trinajstić information content (AvgIpc) is 3.58. The Labute approximate surface area is 282 Å². The minimum atomic E-state index is -4.93. The van der Waals surface area contributed by atoms with Crippen LogP contribution in [0.3, 0.4) is 0 Å². The van der Waals surface area contributed by atoms with E-state index in [1.54, 1.807) is 47.0 Å². The van der Waals surface area contributed by atoms with Crippen LogP contribution in [0.1, 0.15) is 22.3 Å². The SMILES string of the molecule is [C-]#[N+]c1cccc(C(F)(F)F)c1-c1cc(-n2c3ccccc3c3ccc(C)cc32)c(C(F)(F)F)cc1-n1c2ccccc2c2ccc(C)cc21. The smallest absolute Gasteiger partial charge is 0.309 e. The van der Waals surface area contributed by atoms with Gasteiger partial charge in [0, 0.05) is 27.1 Å². The number of aryl methyl sites for hydroxylation is 2. The highest BCUT2D eigenvalue weighted by Gasteiger charge is 2.39. The van der Waals surface area contributed by atoms with Gasteiger partial charge in [-0.15, -0.1) is 0 Å². The molecular weight excluding hydrogens is 648 g/mol. The minimum absolute atomic E-state index is 0.128. The van der Waals surface area contributed by atoms with E-state index in [0.29, 0.717) is 32.8 Å². The fraction of sp³-hybridized carbons (Fsp3) is 0.0976. The fourth-order valence-electron chi connectivity index (χ4n) is 7.21. The van der Waals surface area contributed by atoms with Gasteiger partial charge >= 0.3 is 12.4 Å². The molecule has 246 valence electrons. The normalized spacial score (nSPS) is 12.4. The van der Waals surface area contributed by atoms with Crippen LogP contribution in [0.4, 0.5) is 32.0 Å². The van der Waals surface area contributed by atoms with Crippen molar-refractivity contribution in [3.8, 4) is 22.5 Å². The number of halogens is 6. The maximum atomic E-state index is 15.5. The van der Waals surface area contributed by atoms with Gasteiger partial charge in [-0.3, -0.25) is 0 Å². The number of alkyl halides is 6. The topological polar surface area (TPSA) is 14.2 Å². The summed E-state index contributed by atoms with van der Waals surface area (Å²) in [6, 6.07) is 30.5. The summed E-state index contributed by atoms with van der Waals surface area (Å²) in [5.41, 5.74) is -0.0377. The second-order valence-electron chi connectivity index (χ2n) is 12.4. The molecule has 3 nitrogen and oxygen atoms in total. The van der Waals surface area contributed by atoms with E-state index in [4.69, 9.17) is 6.57 Å². The van der Waals surface area contributed by atoms with Gasteiger partial charge in [0.15, 0.2) is 5.69 Å². The number of aromatic nitrogens is 2. The molecule has 8 rings (SSSR count). The summed E-state index contributed by atoms with van der Waals surface area (Å²) >= 11 is 0. The molecule has 9 heteroatoms. The zero-order valence-corrected chi connectivity index (χ0v) is 26.6. The molecule has 0 unspecified atom stereocenters. The average molecular weight is 674 g/mol. The molecule has 0 bridgehead atoms. The standard InChI is InChI=1S/C41H25F6N3/c1-23-15-17-27-25-9-4-6-13-33(25)49(35(27)19-23)37-22-31(41(45,46)47)38(21-29(37)39-30(40(42,43)44)11-8-12-32(39)48-3)50-34-14-7-5-10-26(34)28-18-16-24(2)20-36(28)50/h4-22H,1-2H3. The third kappa shape index (κ3) is 4.74. The lowest BCUT2D eigenvalue weighted by Crippen LogP contribution is -2.14. The summed E-state index contributed by atoms with van der Waals surface area (Å²) in [5.74, 6) is 0. The molecule has 0 saturated carbocycles. The maximum Gasteiger partial charge on any atom is 0.418 e. The molecule has 0 radical (unpaired) electrons. The van der Waals surface area contributed by atoms with Gasteiger partial charge in [0.2, 0.25) is 0 Å². The van der Waals surface area contributed by atoms with E-state index in [9.17, 15) is 13.2 Å². The summed E-state index contributed by atoms with van der Waals surface area (Å²) in [6.45, 7) is 11.6. The Kier molecular flexibility index (Phi) is 6.88.